The molecule has 2 N–H and O–H groups in total. The summed E-state index contributed by atoms with van der Waals surface area (Å²) in [5.41, 5.74) is 1.37. The highest BCUT2D eigenvalue weighted by Gasteiger charge is 2.35. The Balaban J connectivity index is 2.09. The fraction of sp³-hybridized carbons (Fsp3) is 0.308. The molecule has 0 aromatic heterocycles. The van der Waals surface area contributed by atoms with Crippen LogP contribution in [0.25, 0.3) is 0 Å². The number of hydrogen-bond donors (Lipinski definition) is 2. The lowest BCUT2D eigenvalue weighted by Crippen LogP contribution is -2.34. The molecule has 94 valence electrons. The van der Waals surface area contributed by atoms with Crippen molar-refractivity contribution in [3.8, 4) is 17.2 Å². The molecule has 0 unspecified atom stereocenters. The third kappa shape index (κ3) is 1.59. The molecule has 2 heterocycles. The van der Waals surface area contributed by atoms with Crippen molar-refractivity contribution in [1.29, 1.82) is 0 Å². The Bertz CT molecular complexity index is 573. The minimum atomic E-state index is -0.478. The Morgan fingerprint density at radius 3 is 2.89 bits per heavy atom. The van der Waals surface area contributed by atoms with Crippen LogP contribution in [-0.2, 0) is 16.0 Å². The average molecular weight is 248 g/mol. The maximum absolute atomic E-state index is 11.4. The summed E-state index contributed by atoms with van der Waals surface area (Å²) in [6, 6.07) is 2.69. The topological polar surface area (TPSA) is 76.0 Å². The number of phenolic OH excluding ortho intramolecular Hbond substituents is 2. The molecular weight excluding hydrogens is 236 g/mol. The van der Waals surface area contributed by atoms with Crippen molar-refractivity contribution in [2.45, 2.75) is 25.9 Å². The molecule has 2 aliphatic heterocycles. The number of aromatic hydroxyl groups is 2. The minimum absolute atomic E-state index is 0.0525. The molecule has 0 aliphatic carbocycles. The predicted octanol–water partition coefficient (Wildman–Crippen LogP) is 1.62. The number of benzene rings is 1. The first-order chi connectivity index (χ1) is 8.54. The van der Waals surface area contributed by atoms with Gasteiger partial charge in [0.2, 0.25) is 0 Å². The van der Waals surface area contributed by atoms with E-state index < -0.39 is 6.10 Å². The van der Waals surface area contributed by atoms with E-state index in [-0.39, 0.29) is 23.9 Å². The van der Waals surface area contributed by atoms with Gasteiger partial charge < -0.3 is 19.7 Å². The highest BCUT2D eigenvalue weighted by Crippen LogP contribution is 2.41. The molecule has 0 saturated carbocycles. The van der Waals surface area contributed by atoms with E-state index in [0.29, 0.717) is 23.5 Å². The van der Waals surface area contributed by atoms with Crippen LogP contribution >= 0.6 is 0 Å². The number of ether oxygens (including phenoxy) is 2. The van der Waals surface area contributed by atoms with Gasteiger partial charge in [-0.3, -0.25) is 4.79 Å². The number of carbonyl (C=O) groups excluding carboxylic acids is 1. The number of fused-ring (bicyclic) bond motifs is 2. The Labute approximate surface area is 103 Å². The summed E-state index contributed by atoms with van der Waals surface area (Å²) in [5, 5.41) is 19.2. The zero-order valence-electron chi connectivity index (χ0n) is 9.77. The van der Waals surface area contributed by atoms with Crippen molar-refractivity contribution >= 4 is 5.97 Å². The van der Waals surface area contributed by atoms with E-state index in [0.717, 1.165) is 5.57 Å². The quantitative estimate of drug-likeness (QED) is 0.682. The van der Waals surface area contributed by atoms with Crippen LogP contribution in [0, 0.1) is 0 Å². The van der Waals surface area contributed by atoms with Crippen LogP contribution in [0.3, 0.4) is 0 Å². The van der Waals surface area contributed by atoms with Crippen molar-refractivity contribution in [2.24, 2.45) is 0 Å². The van der Waals surface area contributed by atoms with Gasteiger partial charge in [-0.1, -0.05) is 0 Å². The number of rotatable bonds is 0. The number of carbonyl (C=O) groups is 1. The molecule has 18 heavy (non-hydrogen) atoms. The first-order valence-electron chi connectivity index (χ1n) is 5.66. The van der Waals surface area contributed by atoms with Gasteiger partial charge in [0.05, 0.1) is 6.42 Å². The Hall–Kier alpha value is -2.17. The SMILES string of the molecule is CC1=C2Oc3cc(O)cc(O)c3C[C@@H]2OC(=O)C1. The summed E-state index contributed by atoms with van der Waals surface area (Å²) in [6.45, 7) is 1.82. The van der Waals surface area contributed by atoms with E-state index in [9.17, 15) is 15.0 Å². The number of esters is 1. The van der Waals surface area contributed by atoms with Gasteiger partial charge in [0.25, 0.3) is 0 Å². The molecule has 1 aromatic carbocycles. The molecule has 3 rings (SSSR count). The molecule has 5 heteroatoms. The maximum atomic E-state index is 11.4. The van der Waals surface area contributed by atoms with Gasteiger partial charge in [-0.05, 0) is 12.5 Å². The summed E-state index contributed by atoms with van der Waals surface area (Å²) in [5.74, 6) is 0.619. The smallest absolute Gasteiger partial charge is 0.310 e. The van der Waals surface area contributed by atoms with Crippen molar-refractivity contribution < 1.29 is 24.5 Å². The van der Waals surface area contributed by atoms with E-state index in [4.69, 9.17) is 9.47 Å². The third-order valence-electron chi connectivity index (χ3n) is 3.18. The van der Waals surface area contributed by atoms with E-state index in [1.165, 1.54) is 12.1 Å². The van der Waals surface area contributed by atoms with E-state index in [1.807, 2.05) is 6.92 Å². The van der Waals surface area contributed by atoms with E-state index in [1.54, 1.807) is 0 Å². The number of hydrogen-bond acceptors (Lipinski definition) is 5. The molecule has 0 spiro atoms. The van der Waals surface area contributed by atoms with Crippen molar-refractivity contribution in [3.05, 3.63) is 29.0 Å². The van der Waals surface area contributed by atoms with Gasteiger partial charge in [0, 0.05) is 24.1 Å². The van der Waals surface area contributed by atoms with Crippen LogP contribution in [0.1, 0.15) is 18.9 Å². The fourth-order valence-corrected chi connectivity index (χ4v) is 2.34. The lowest BCUT2D eigenvalue weighted by molar-refractivity contribution is -0.149. The van der Waals surface area contributed by atoms with Crippen LogP contribution in [-0.4, -0.2) is 22.3 Å². The largest absolute Gasteiger partial charge is 0.508 e. The summed E-state index contributed by atoms with van der Waals surface area (Å²) < 4.78 is 10.8. The molecule has 0 saturated heterocycles. The van der Waals surface area contributed by atoms with Crippen LogP contribution in [0.5, 0.6) is 17.2 Å². The van der Waals surface area contributed by atoms with Crippen LogP contribution in [0.4, 0.5) is 0 Å². The monoisotopic (exact) mass is 248 g/mol. The minimum Gasteiger partial charge on any atom is -0.508 e. The number of phenols is 2. The van der Waals surface area contributed by atoms with Crippen molar-refractivity contribution in [3.63, 3.8) is 0 Å². The lowest BCUT2D eigenvalue weighted by atomic mass is 9.96. The molecule has 2 aliphatic rings. The molecule has 1 aromatic rings. The van der Waals surface area contributed by atoms with Gasteiger partial charge in [-0.2, -0.15) is 0 Å². The summed E-state index contributed by atoms with van der Waals surface area (Å²) >= 11 is 0. The summed E-state index contributed by atoms with van der Waals surface area (Å²) in [7, 11) is 0. The lowest BCUT2D eigenvalue weighted by Gasteiger charge is -2.32. The van der Waals surface area contributed by atoms with Gasteiger partial charge in [0.15, 0.2) is 6.10 Å². The maximum Gasteiger partial charge on any atom is 0.310 e. The van der Waals surface area contributed by atoms with Crippen LogP contribution in [0.2, 0.25) is 0 Å². The zero-order valence-corrected chi connectivity index (χ0v) is 9.77. The molecule has 5 nitrogen and oxygen atoms in total. The Kier molecular flexibility index (Phi) is 2.23. The standard InChI is InChI=1S/C13H12O5/c1-6-2-12(16)17-11-5-8-9(15)3-7(14)4-10(8)18-13(6)11/h3-4,11,14-15H,2,5H2,1H3/t11-/m0/s1. The van der Waals surface area contributed by atoms with Gasteiger partial charge in [-0.25, -0.2) is 0 Å². The molecule has 0 amide bonds. The predicted molar refractivity (Wildman–Crippen MR) is 61.3 cm³/mol. The molecule has 0 fully saturated rings. The third-order valence-corrected chi connectivity index (χ3v) is 3.18. The van der Waals surface area contributed by atoms with E-state index >= 15 is 0 Å². The Morgan fingerprint density at radius 2 is 2.11 bits per heavy atom. The van der Waals surface area contributed by atoms with Gasteiger partial charge in [-0.15, -0.1) is 0 Å². The van der Waals surface area contributed by atoms with Gasteiger partial charge in [0.1, 0.15) is 23.0 Å². The van der Waals surface area contributed by atoms with Crippen molar-refractivity contribution in [1.82, 2.24) is 0 Å². The second-order valence-electron chi connectivity index (χ2n) is 4.55. The van der Waals surface area contributed by atoms with Crippen LogP contribution in [0.15, 0.2) is 23.5 Å². The molecular formula is C13H12O5. The average Bonchev–Trinajstić information content (AvgIpc) is 2.27. The van der Waals surface area contributed by atoms with Crippen LogP contribution < -0.4 is 4.74 Å². The Morgan fingerprint density at radius 1 is 1.33 bits per heavy atom. The first kappa shape index (κ1) is 11.0. The zero-order chi connectivity index (χ0) is 12.9. The summed E-state index contributed by atoms with van der Waals surface area (Å²) in [6.07, 6.45) is 0.0976. The normalized spacial score (nSPS) is 21.8. The first-order valence-corrected chi connectivity index (χ1v) is 5.66. The molecule has 0 radical (unpaired) electrons. The molecule has 0 bridgehead atoms. The van der Waals surface area contributed by atoms with E-state index in [2.05, 4.69) is 0 Å². The summed E-state index contributed by atoms with van der Waals surface area (Å²) in [4.78, 5) is 11.4. The fourth-order valence-electron chi connectivity index (χ4n) is 2.34. The second-order valence-corrected chi connectivity index (χ2v) is 4.55. The second kappa shape index (κ2) is 3.66. The highest BCUT2D eigenvalue weighted by atomic mass is 16.6. The highest BCUT2D eigenvalue weighted by molar-refractivity contribution is 5.75. The molecule has 1 atom stereocenters. The van der Waals surface area contributed by atoms with Crippen molar-refractivity contribution in [2.75, 3.05) is 0 Å². The van der Waals surface area contributed by atoms with Gasteiger partial charge >= 0.3 is 5.97 Å².